The summed E-state index contributed by atoms with van der Waals surface area (Å²) in [5.41, 5.74) is 12.7. The van der Waals surface area contributed by atoms with Gasteiger partial charge in [-0.05, 0) is 60.2 Å². The molecule has 3 atom stereocenters. The van der Waals surface area contributed by atoms with E-state index >= 15 is 0 Å². The first-order chi connectivity index (χ1) is 19.0. The SMILES string of the molecule is I.N=C(N)c1cccc(C[C@H](N)C(=O)NC(C(=O)N2CCCCC2C(=O)O)S(=O)(=O)c2ccc3ccccc3c2)c1. The number of amides is 2. The van der Waals surface area contributed by atoms with Crippen LogP contribution in [0.5, 0.6) is 0 Å². The van der Waals surface area contributed by atoms with Crippen molar-refractivity contribution in [1.82, 2.24) is 10.2 Å². The predicted molar refractivity (Wildman–Crippen MR) is 165 cm³/mol. The number of hydrogen-bond donors (Lipinski definition) is 5. The molecule has 0 bridgehead atoms. The van der Waals surface area contributed by atoms with Crippen LogP contribution in [0.4, 0.5) is 0 Å². The third-order valence-electron chi connectivity index (χ3n) is 6.96. The van der Waals surface area contributed by atoms with Crippen molar-refractivity contribution in [3.63, 3.8) is 0 Å². The van der Waals surface area contributed by atoms with Crippen LogP contribution in [0.15, 0.2) is 71.6 Å². The van der Waals surface area contributed by atoms with Gasteiger partial charge in [0.2, 0.25) is 21.1 Å². The first-order valence-corrected chi connectivity index (χ1v) is 14.3. The number of carboxylic acid groups (broad SMARTS) is 1. The van der Waals surface area contributed by atoms with Crippen LogP contribution in [0.2, 0.25) is 0 Å². The number of nitrogens with two attached hydrogens (primary N) is 2. The van der Waals surface area contributed by atoms with Crippen LogP contribution in [0, 0.1) is 5.41 Å². The number of piperidine rings is 1. The molecule has 0 aromatic heterocycles. The quantitative estimate of drug-likeness (QED) is 0.127. The van der Waals surface area contributed by atoms with Gasteiger partial charge in [-0.3, -0.25) is 15.0 Å². The molecule has 41 heavy (non-hydrogen) atoms. The number of fused-ring (bicyclic) bond motifs is 1. The molecule has 1 saturated heterocycles. The fourth-order valence-electron chi connectivity index (χ4n) is 4.80. The fourth-order valence-corrected chi connectivity index (χ4v) is 6.30. The summed E-state index contributed by atoms with van der Waals surface area (Å²) in [5.74, 6) is -3.34. The first-order valence-electron chi connectivity index (χ1n) is 12.7. The largest absolute Gasteiger partial charge is 0.480 e. The highest BCUT2D eigenvalue weighted by atomic mass is 127. The van der Waals surface area contributed by atoms with Crippen molar-refractivity contribution in [3.05, 3.63) is 77.9 Å². The van der Waals surface area contributed by atoms with E-state index in [0.717, 1.165) is 10.3 Å². The summed E-state index contributed by atoms with van der Waals surface area (Å²) in [6.07, 6.45) is 1.22. The number of carbonyl (C=O) groups is 3. The Kier molecular flexibility index (Phi) is 10.4. The maximum atomic E-state index is 13.9. The Labute approximate surface area is 254 Å². The van der Waals surface area contributed by atoms with Gasteiger partial charge in [-0.2, -0.15) is 0 Å². The molecule has 0 aliphatic carbocycles. The molecule has 0 spiro atoms. The molecule has 1 fully saturated rings. The summed E-state index contributed by atoms with van der Waals surface area (Å²) in [6.45, 7) is 0.0410. The minimum Gasteiger partial charge on any atom is -0.480 e. The molecule has 1 aliphatic heterocycles. The van der Waals surface area contributed by atoms with Gasteiger partial charge < -0.3 is 26.8 Å². The number of likely N-dealkylation sites (tertiary alicyclic amines) is 1. The summed E-state index contributed by atoms with van der Waals surface area (Å²) in [7, 11) is -4.53. The Morgan fingerprint density at radius 3 is 2.41 bits per heavy atom. The van der Waals surface area contributed by atoms with E-state index in [2.05, 4.69) is 5.32 Å². The van der Waals surface area contributed by atoms with E-state index < -0.39 is 45.1 Å². The minimum atomic E-state index is -4.53. The monoisotopic (exact) mass is 693 g/mol. The second kappa shape index (κ2) is 13.4. The molecule has 7 N–H and O–H groups in total. The van der Waals surface area contributed by atoms with Gasteiger partial charge in [0.1, 0.15) is 11.9 Å². The van der Waals surface area contributed by atoms with Gasteiger partial charge in [0, 0.05) is 12.1 Å². The standard InChI is InChI=1S/C28H31N5O6S.HI/c29-22(15-17-6-5-9-20(14-17)24(30)31)25(34)32-26(27(35)33-13-4-3-10-23(33)28(36)37)40(38,39)21-12-11-18-7-1-2-8-19(18)16-21;/h1-2,5-9,11-12,14,16,22-23,26H,3-4,10,13,15,29H2,(H3,30,31)(H,32,34)(H,36,37);1H/t22-,23?,26?;/m0./s1. The number of halogens is 1. The van der Waals surface area contributed by atoms with Crippen LogP contribution in [0.25, 0.3) is 10.8 Å². The number of benzene rings is 3. The number of sulfone groups is 1. The van der Waals surface area contributed by atoms with E-state index in [4.69, 9.17) is 16.9 Å². The lowest BCUT2D eigenvalue weighted by molar-refractivity contribution is -0.152. The van der Waals surface area contributed by atoms with Crippen LogP contribution in [0.1, 0.15) is 30.4 Å². The second-order valence-electron chi connectivity index (χ2n) is 9.75. The van der Waals surface area contributed by atoms with Crippen LogP contribution < -0.4 is 16.8 Å². The Balaban J connectivity index is 0.00000462. The number of aliphatic carboxylic acids is 1. The van der Waals surface area contributed by atoms with E-state index in [1.807, 2.05) is 0 Å². The molecule has 3 aromatic rings. The number of nitrogens with one attached hydrogen (secondary N) is 2. The number of hydrogen-bond acceptors (Lipinski definition) is 7. The van der Waals surface area contributed by atoms with E-state index in [0.29, 0.717) is 29.4 Å². The van der Waals surface area contributed by atoms with Gasteiger partial charge >= 0.3 is 5.97 Å². The maximum Gasteiger partial charge on any atom is 0.326 e. The van der Waals surface area contributed by atoms with Gasteiger partial charge in [0.15, 0.2) is 0 Å². The third-order valence-corrected chi connectivity index (χ3v) is 8.81. The zero-order valence-electron chi connectivity index (χ0n) is 22.0. The molecule has 0 radical (unpaired) electrons. The molecule has 4 rings (SSSR count). The van der Waals surface area contributed by atoms with Gasteiger partial charge in [0.25, 0.3) is 5.91 Å². The van der Waals surface area contributed by atoms with E-state index in [-0.39, 0.29) is 54.1 Å². The number of carboxylic acids is 1. The van der Waals surface area contributed by atoms with Crippen molar-refractivity contribution in [2.24, 2.45) is 11.5 Å². The minimum absolute atomic E-state index is 0. The summed E-state index contributed by atoms with van der Waals surface area (Å²) < 4.78 is 27.8. The second-order valence-corrected chi connectivity index (χ2v) is 11.8. The van der Waals surface area contributed by atoms with Crippen LogP contribution in [-0.2, 0) is 30.6 Å². The average molecular weight is 694 g/mol. The molecule has 2 unspecified atom stereocenters. The van der Waals surface area contributed by atoms with E-state index in [1.54, 1.807) is 54.6 Å². The molecule has 1 aliphatic rings. The lowest BCUT2D eigenvalue weighted by Crippen LogP contribution is -2.59. The van der Waals surface area contributed by atoms with Crippen LogP contribution in [-0.4, -0.2) is 66.0 Å². The molecule has 1 heterocycles. The molecule has 0 saturated carbocycles. The zero-order chi connectivity index (χ0) is 29.0. The van der Waals surface area contributed by atoms with Crippen LogP contribution in [0.3, 0.4) is 0 Å². The maximum absolute atomic E-state index is 13.9. The van der Waals surface area contributed by atoms with Crippen molar-refractivity contribution in [2.45, 2.75) is 48.0 Å². The highest BCUT2D eigenvalue weighted by Crippen LogP contribution is 2.25. The fraction of sp³-hybridized carbons (Fsp3) is 0.286. The Morgan fingerprint density at radius 1 is 1.02 bits per heavy atom. The highest BCUT2D eigenvalue weighted by Gasteiger charge is 2.43. The molecule has 2 amide bonds. The van der Waals surface area contributed by atoms with Crippen molar-refractivity contribution in [1.29, 1.82) is 5.41 Å². The van der Waals surface area contributed by atoms with Gasteiger partial charge in [-0.15, -0.1) is 24.0 Å². The molecule has 13 heteroatoms. The Morgan fingerprint density at radius 2 is 1.73 bits per heavy atom. The number of amidine groups is 1. The highest BCUT2D eigenvalue weighted by molar-refractivity contribution is 14.0. The summed E-state index contributed by atoms with van der Waals surface area (Å²) in [5, 5.41) is 18.9. The van der Waals surface area contributed by atoms with Crippen molar-refractivity contribution < 1.29 is 27.9 Å². The lowest BCUT2D eigenvalue weighted by Gasteiger charge is -2.35. The van der Waals surface area contributed by atoms with Crippen molar-refractivity contribution in [3.8, 4) is 0 Å². The topological polar surface area (TPSA) is 197 Å². The first kappa shape index (κ1) is 32.0. The summed E-state index contributed by atoms with van der Waals surface area (Å²) >= 11 is 0. The number of rotatable bonds is 9. The van der Waals surface area contributed by atoms with Gasteiger partial charge in [0.05, 0.1) is 10.9 Å². The number of carbonyl (C=O) groups excluding carboxylic acids is 2. The Bertz CT molecular complexity index is 1580. The average Bonchev–Trinajstić information content (AvgIpc) is 2.95. The zero-order valence-corrected chi connectivity index (χ0v) is 25.2. The molecule has 218 valence electrons. The molecule has 11 nitrogen and oxygen atoms in total. The van der Waals surface area contributed by atoms with E-state index in [9.17, 15) is 27.9 Å². The number of nitrogens with zero attached hydrogens (tertiary/aromatic N) is 1. The smallest absolute Gasteiger partial charge is 0.326 e. The Hall–Kier alpha value is -3.56. The summed E-state index contributed by atoms with van der Waals surface area (Å²) in [4.78, 5) is 39.6. The molecule has 3 aromatic carbocycles. The van der Waals surface area contributed by atoms with Crippen molar-refractivity contribution >= 4 is 68.2 Å². The van der Waals surface area contributed by atoms with E-state index in [1.165, 1.54) is 12.1 Å². The van der Waals surface area contributed by atoms with Gasteiger partial charge in [-0.25, -0.2) is 13.2 Å². The number of nitrogen functional groups attached to an aromatic ring is 1. The van der Waals surface area contributed by atoms with Crippen molar-refractivity contribution in [2.75, 3.05) is 6.54 Å². The summed E-state index contributed by atoms with van der Waals surface area (Å²) in [6, 6.07) is 15.5. The predicted octanol–water partition coefficient (Wildman–Crippen LogP) is 1.99. The molecular formula is C28H32IN5O6S. The van der Waals surface area contributed by atoms with Crippen LogP contribution >= 0.6 is 24.0 Å². The molecular weight excluding hydrogens is 661 g/mol. The lowest BCUT2D eigenvalue weighted by atomic mass is 10.0. The third kappa shape index (κ3) is 7.21. The normalized spacial score (nSPS) is 16.7. The van der Waals surface area contributed by atoms with Gasteiger partial charge in [-0.1, -0.05) is 48.5 Å².